The molecule has 0 spiro atoms. The average Bonchev–Trinajstić information content (AvgIpc) is 2.94. The van der Waals surface area contributed by atoms with Gasteiger partial charge in [-0.15, -0.1) is 0 Å². The van der Waals surface area contributed by atoms with Crippen molar-refractivity contribution in [1.29, 1.82) is 0 Å². The van der Waals surface area contributed by atoms with Crippen molar-refractivity contribution >= 4 is 15.9 Å². The molecule has 0 bridgehead atoms. The maximum absolute atomic E-state index is 12.8. The van der Waals surface area contributed by atoms with Crippen LogP contribution in [0.4, 0.5) is 4.39 Å². The maximum atomic E-state index is 12.8. The number of nitrogens with zero attached hydrogens (tertiary/aromatic N) is 2. The summed E-state index contributed by atoms with van der Waals surface area (Å²) in [6.45, 7) is 0.214. The van der Waals surface area contributed by atoms with E-state index in [0.717, 1.165) is 0 Å². The first kappa shape index (κ1) is 17.1. The molecule has 0 fully saturated rings. The van der Waals surface area contributed by atoms with Crippen LogP contribution in [0.25, 0.3) is 0 Å². The van der Waals surface area contributed by atoms with Crippen molar-refractivity contribution in [2.24, 2.45) is 7.05 Å². The normalized spacial score (nSPS) is 11.4. The first-order valence-electron chi connectivity index (χ1n) is 6.86. The molecule has 0 unspecified atom stereocenters. The highest BCUT2D eigenvalue weighted by atomic mass is 32.2. The summed E-state index contributed by atoms with van der Waals surface area (Å²) in [5, 5.41) is 6.39. The van der Waals surface area contributed by atoms with E-state index in [4.69, 9.17) is 0 Å². The van der Waals surface area contributed by atoms with Crippen molar-refractivity contribution in [3.05, 3.63) is 48.0 Å². The number of aromatic nitrogens is 2. The van der Waals surface area contributed by atoms with Gasteiger partial charge in [0.1, 0.15) is 10.7 Å². The zero-order valence-corrected chi connectivity index (χ0v) is 13.3. The lowest BCUT2D eigenvalue weighted by atomic mass is 10.1. The minimum absolute atomic E-state index is 0.0619. The standard InChI is InChI=1S/C14H17FN4O3S/c1-19-10-13(9-17-19)23(21,22)18-7-6-16-14(20)8-11-2-4-12(15)5-3-11/h2-5,9-10,18H,6-8H2,1H3,(H,16,20). The van der Waals surface area contributed by atoms with E-state index in [0.29, 0.717) is 5.56 Å². The second-order valence-corrected chi connectivity index (χ2v) is 6.67. The largest absolute Gasteiger partial charge is 0.355 e. The summed E-state index contributed by atoms with van der Waals surface area (Å²) in [7, 11) is -2.01. The van der Waals surface area contributed by atoms with Crippen molar-refractivity contribution in [2.75, 3.05) is 13.1 Å². The predicted molar refractivity (Wildman–Crippen MR) is 81.5 cm³/mol. The van der Waals surface area contributed by atoms with Gasteiger partial charge in [0.15, 0.2) is 0 Å². The molecule has 2 N–H and O–H groups in total. The molecule has 124 valence electrons. The summed E-state index contributed by atoms with van der Waals surface area (Å²) >= 11 is 0. The van der Waals surface area contributed by atoms with Crippen LogP contribution in [0.1, 0.15) is 5.56 Å². The highest BCUT2D eigenvalue weighted by Crippen LogP contribution is 2.05. The zero-order valence-electron chi connectivity index (χ0n) is 12.5. The van der Waals surface area contributed by atoms with Gasteiger partial charge in [-0.2, -0.15) is 5.10 Å². The fourth-order valence-corrected chi connectivity index (χ4v) is 2.87. The van der Waals surface area contributed by atoms with Crippen molar-refractivity contribution in [2.45, 2.75) is 11.3 Å². The van der Waals surface area contributed by atoms with Gasteiger partial charge in [0.25, 0.3) is 0 Å². The fourth-order valence-electron chi connectivity index (χ4n) is 1.86. The van der Waals surface area contributed by atoms with E-state index in [1.165, 1.54) is 41.3 Å². The molecule has 1 aromatic heterocycles. The number of benzene rings is 1. The molecule has 9 heteroatoms. The van der Waals surface area contributed by atoms with Gasteiger partial charge >= 0.3 is 0 Å². The number of hydrogen-bond acceptors (Lipinski definition) is 4. The molecular formula is C14H17FN4O3S. The molecule has 0 saturated carbocycles. The number of aryl methyl sites for hydroxylation is 1. The maximum Gasteiger partial charge on any atom is 0.243 e. The fraction of sp³-hybridized carbons (Fsp3) is 0.286. The highest BCUT2D eigenvalue weighted by molar-refractivity contribution is 7.89. The van der Waals surface area contributed by atoms with Crippen LogP contribution in [0, 0.1) is 5.82 Å². The van der Waals surface area contributed by atoms with Crippen LogP contribution in [-0.2, 0) is 28.3 Å². The quantitative estimate of drug-likeness (QED) is 0.704. The number of carbonyl (C=O) groups excluding carboxylic acids is 1. The number of sulfonamides is 1. The minimum Gasteiger partial charge on any atom is -0.355 e. The molecule has 0 saturated heterocycles. The van der Waals surface area contributed by atoms with Gasteiger partial charge in [-0.25, -0.2) is 17.5 Å². The third-order valence-corrected chi connectivity index (χ3v) is 4.42. The Morgan fingerprint density at radius 3 is 2.57 bits per heavy atom. The van der Waals surface area contributed by atoms with Crippen LogP contribution in [0.15, 0.2) is 41.6 Å². The van der Waals surface area contributed by atoms with Crippen molar-refractivity contribution in [3.63, 3.8) is 0 Å². The Labute approximate surface area is 133 Å². The molecule has 0 aliphatic rings. The number of amides is 1. The third kappa shape index (κ3) is 5.15. The Morgan fingerprint density at radius 2 is 1.96 bits per heavy atom. The second-order valence-electron chi connectivity index (χ2n) is 4.90. The predicted octanol–water partition coefficient (Wildman–Crippen LogP) is 0.196. The van der Waals surface area contributed by atoms with E-state index in [-0.39, 0.29) is 36.1 Å². The van der Waals surface area contributed by atoms with Gasteiger partial charge in [0.2, 0.25) is 15.9 Å². The second kappa shape index (κ2) is 7.34. The Hall–Kier alpha value is -2.26. The Bertz CT molecular complexity index is 772. The Balaban J connectivity index is 1.74. The first-order chi connectivity index (χ1) is 10.9. The van der Waals surface area contributed by atoms with Crippen LogP contribution in [0.3, 0.4) is 0 Å². The molecule has 2 rings (SSSR count). The topological polar surface area (TPSA) is 93.1 Å². The van der Waals surface area contributed by atoms with Gasteiger partial charge in [-0.3, -0.25) is 9.48 Å². The van der Waals surface area contributed by atoms with Gasteiger partial charge in [-0.05, 0) is 17.7 Å². The van der Waals surface area contributed by atoms with Crippen LogP contribution >= 0.6 is 0 Å². The molecule has 0 radical (unpaired) electrons. The molecule has 0 atom stereocenters. The summed E-state index contributed by atoms with van der Waals surface area (Å²) in [5.41, 5.74) is 0.680. The van der Waals surface area contributed by atoms with E-state index >= 15 is 0 Å². The number of rotatable bonds is 7. The third-order valence-electron chi connectivity index (χ3n) is 3.01. The lowest BCUT2D eigenvalue weighted by Gasteiger charge is -2.07. The van der Waals surface area contributed by atoms with Crippen molar-refractivity contribution < 1.29 is 17.6 Å². The van der Waals surface area contributed by atoms with E-state index in [1.54, 1.807) is 7.05 Å². The van der Waals surface area contributed by atoms with Crippen molar-refractivity contribution in [1.82, 2.24) is 19.8 Å². The van der Waals surface area contributed by atoms with Crippen molar-refractivity contribution in [3.8, 4) is 0 Å². The molecular weight excluding hydrogens is 323 g/mol. The van der Waals surface area contributed by atoms with Crippen LogP contribution in [-0.4, -0.2) is 37.2 Å². The summed E-state index contributed by atoms with van der Waals surface area (Å²) in [6.07, 6.45) is 2.74. The smallest absolute Gasteiger partial charge is 0.243 e. The number of carbonyl (C=O) groups is 1. The van der Waals surface area contributed by atoms with E-state index in [1.807, 2.05) is 0 Å². The van der Waals surface area contributed by atoms with E-state index in [9.17, 15) is 17.6 Å². The lowest BCUT2D eigenvalue weighted by molar-refractivity contribution is -0.120. The lowest BCUT2D eigenvalue weighted by Crippen LogP contribution is -2.35. The monoisotopic (exact) mass is 340 g/mol. The molecule has 1 aromatic carbocycles. The minimum atomic E-state index is -3.63. The van der Waals surface area contributed by atoms with E-state index in [2.05, 4.69) is 15.1 Å². The summed E-state index contributed by atoms with van der Waals surface area (Å²) in [6, 6.07) is 5.62. The number of nitrogens with one attached hydrogen (secondary N) is 2. The van der Waals surface area contributed by atoms with Gasteiger partial charge in [0.05, 0.1) is 12.6 Å². The zero-order chi connectivity index (χ0) is 16.9. The van der Waals surface area contributed by atoms with Gasteiger partial charge in [0, 0.05) is 26.3 Å². The SMILES string of the molecule is Cn1cc(S(=O)(=O)NCCNC(=O)Cc2ccc(F)cc2)cn1. The van der Waals surface area contributed by atoms with Gasteiger partial charge < -0.3 is 5.32 Å². The molecule has 2 aromatic rings. The Morgan fingerprint density at radius 1 is 1.26 bits per heavy atom. The summed E-state index contributed by atoms with van der Waals surface area (Å²) in [5.74, 6) is -0.629. The molecule has 1 amide bonds. The average molecular weight is 340 g/mol. The first-order valence-corrected chi connectivity index (χ1v) is 8.34. The van der Waals surface area contributed by atoms with Crippen LogP contribution in [0.2, 0.25) is 0 Å². The summed E-state index contributed by atoms with van der Waals surface area (Å²) < 4.78 is 40.3. The number of halogens is 1. The van der Waals surface area contributed by atoms with Crippen LogP contribution in [0.5, 0.6) is 0 Å². The van der Waals surface area contributed by atoms with Gasteiger partial charge in [-0.1, -0.05) is 12.1 Å². The summed E-state index contributed by atoms with van der Waals surface area (Å²) in [4.78, 5) is 11.8. The number of hydrogen-bond donors (Lipinski definition) is 2. The molecule has 1 heterocycles. The highest BCUT2D eigenvalue weighted by Gasteiger charge is 2.15. The molecule has 23 heavy (non-hydrogen) atoms. The van der Waals surface area contributed by atoms with E-state index < -0.39 is 10.0 Å². The molecule has 0 aliphatic heterocycles. The molecule has 7 nitrogen and oxygen atoms in total. The molecule has 0 aliphatic carbocycles. The Kier molecular flexibility index (Phi) is 5.45. The van der Waals surface area contributed by atoms with Crippen LogP contribution < -0.4 is 10.0 Å².